The summed E-state index contributed by atoms with van der Waals surface area (Å²) in [5.41, 5.74) is 4.94. The van der Waals surface area contributed by atoms with Gasteiger partial charge >= 0.3 is 0 Å². The van der Waals surface area contributed by atoms with Crippen LogP contribution in [0, 0.1) is 0 Å². The van der Waals surface area contributed by atoms with Crippen LogP contribution < -0.4 is 21.3 Å². The highest BCUT2D eigenvalue weighted by Gasteiger charge is 2.12. The predicted molar refractivity (Wildman–Crippen MR) is 90.5 cm³/mol. The van der Waals surface area contributed by atoms with Gasteiger partial charge in [-0.05, 0) is 11.6 Å². The number of hydrogen-bond donors (Lipinski definition) is 3. The van der Waals surface area contributed by atoms with Crippen molar-refractivity contribution in [3.8, 4) is 0 Å². The molecule has 0 radical (unpaired) electrons. The van der Waals surface area contributed by atoms with Crippen LogP contribution >= 0.6 is 0 Å². The zero-order valence-electron chi connectivity index (χ0n) is 13.7. The number of carboxylic acids is 1. The highest BCUT2D eigenvalue weighted by atomic mass is 16.4. The summed E-state index contributed by atoms with van der Waals surface area (Å²) in [5, 5.41) is 13.3. The van der Waals surface area contributed by atoms with Crippen molar-refractivity contribution < 1.29 is 24.3 Å². The number of para-hydroxylation sites is 1. The normalized spacial score (nSPS) is 9.85. The number of aromatic carboxylic acids is 1. The Labute approximate surface area is 149 Å². The Morgan fingerprint density at radius 1 is 0.769 bits per heavy atom. The fraction of sp³-hybridized carbons (Fsp3) is 0.111. The van der Waals surface area contributed by atoms with E-state index in [0.29, 0.717) is 0 Å². The van der Waals surface area contributed by atoms with Crippen LogP contribution in [0.5, 0.6) is 0 Å². The average molecular weight is 354 g/mol. The number of anilines is 1. The highest BCUT2D eigenvalue weighted by molar-refractivity contribution is 6.06. The number of hydrogen-bond acceptors (Lipinski definition) is 5. The lowest BCUT2D eigenvalue weighted by Gasteiger charge is -2.12. The molecule has 0 heterocycles. The van der Waals surface area contributed by atoms with E-state index in [1.54, 1.807) is 24.3 Å². The van der Waals surface area contributed by atoms with Crippen LogP contribution in [0.3, 0.4) is 0 Å². The molecule has 0 aromatic heterocycles. The maximum atomic E-state index is 11.8. The molecule has 0 fully saturated rings. The molecule has 0 saturated carbocycles. The number of amides is 3. The predicted octanol–water partition coefficient (Wildman–Crippen LogP) is -0.231. The molecule has 3 amide bonds. The van der Waals surface area contributed by atoms with E-state index in [1.807, 2.05) is 6.07 Å². The molecule has 2 rings (SSSR count). The van der Waals surface area contributed by atoms with Crippen molar-refractivity contribution in [1.29, 1.82) is 0 Å². The van der Waals surface area contributed by atoms with E-state index in [-0.39, 0.29) is 17.7 Å². The van der Waals surface area contributed by atoms with Crippen LogP contribution in [0.4, 0.5) is 5.69 Å². The second kappa shape index (κ2) is 8.97. The maximum absolute atomic E-state index is 11.8. The summed E-state index contributed by atoms with van der Waals surface area (Å²) in [6.07, 6.45) is -0.515. The van der Waals surface area contributed by atoms with E-state index in [0.717, 1.165) is 5.56 Å². The van der Waals surface area contributed by atoms with Crippen LogP contribution in [0.25, 0.3) is 0 Å². The first-order valence-electron chi connectivity index (χ1n) is 7.67. The van der Waals surface area contributed by atoms with E-state index in [4.69, 9.17) is 0 Å². The number of benzene rings is 2. The van der Waals surface area contributed by atoms with E-state index in [9.17, 15) is 24.3 Å². The minimum Gasteiger partial charge on any atom is -0.545 e. The quantitative estimate of drug-likeness (QED) is 0.488. The first kappa shape index (κ1) is 18.7. The summed E-state index contributed by atoms with van der Waals surface area (Å²) in [7, 11) is 0. The third-order valence-electron chi connectivity index (χ3n) is 3.29. The van der Waals surface area contributed by atoms with E-state index >= 15 is 0 Å². The standard InChI is InChI=1S/C18H17N3O5/c22-15(19-14-9-5-4-8-13(14)18(25)26)11-17(24)21-20-16(23)10-12-6-2-1-3-7-12/h1-9H,10-11H2,(H,19,22)(H,20,23)(H,21,24)(H,25,26)/p-1. The maximum Gasteiger partial charge on any atom is 0.247 e. The van der Waals surface area contributed by atoms with Crippen LogP contribution in [0.2, 0.25) is 0 Å². The fourth-order valence-corrected chi connectivity index (χ4v) is 2.12. The van der Waals surface area contributed by atoms with Crippen LogP contribution in [-0.2, 0) is 20.8 Å². The fourth-order valence-electron chi connectivity index (χ4n) is 2.12. The van der Waals surface area contributed by atoms with Crippen molar-refractivity contribution in [2.75, 3.05) is 5.32 Å². The summed E-state index contributed by atoms with van der Waals surface area (Å²) in [6.45, 7) is 0. The summed E-state index contributed by atoms with van der Waals surface area (Å²) >= 11 is 0. The molecule has 0 unspecified atom stereocenters. The Balaban J connectivity index is 1.80. The lowest BCUT2D eigenvalue weighted by molar-refractivity contribution is -0.254. The lowest BCUT2D eigenvalue weighted by Crippen LogP contribution is -2.43. The van der Waals surface area contributed by atoms with Gasteiger partial charge < -0.3 is 15.2 Å². The Bertz CT molecular complexity index is 821. The summed E-state index contributed by atoms with van der Waals surface area (Å²) < 4.78 is 0. The Kier molecular flexibility index (Phi) is 6.44. The Morgan fingerprint density at radius 2 is 1.38 bits per heavy atom. The molecule has 0 saturated heterocycles. The van der Waals surface area contributed by atoms with Gasteiger partial charge in [-0.15, -0.1) is 0 Å². The van der Waals surface area contributed by atoms with E-state index in [1.165, 1.54) is 24.3 Å². The minimum absolute atomic E-state index is 0.0263. The smallest absolute Gasteiger partial charge is 0.247 e. The van der Waals surface area contributed by atoms with Crippen molar-refractivity contribution in [1.82, 2.24) is 10.9 Å². The van der Waals surface area contributed by atoms with Gasteiger partial charge in [0.15, 0.2) is 0 Å². The molecule has 0 spiro atoms. The van der Waals surface area contributed by atoms with Crippen molar-refractivity contribution in [3.05, 3.63) is 65.7 Å². The second-order valence-corrected chi connectivity index (χ2v) is 5.32. The molecule has 8 heteroatoms. The molecular weight excluding hydrogens is 338 g/mol. The zero-order valence-corrected chi connectivity index (χ0v) is 13.7. The van der Waals surface area contributed by atoms with Crippen molar-refractivity contribution in [2.45, 2.75) is 12.8 Å². The van der Waals surface area contributed by atoms with Gasteiger partial charge in [0.05, 0.1) is 12.4 Å². The molecule has 2 aromatic rings. The molecular formula is C18H16N3O5-. The van der Waals surface area contributed by atoms with Crippen LogP contribution in [0.15, 0.2) is 54.6 Å². The largest absolute Gasteiger partial charge is 0.545 e. The van der Waals surface area contributed by atoms with Gasteiger partial charge in [-0.1, -0.05) is 48.5 Å². The third-order valence-corrected chi connectivity index (χ3v) is 3.29. The zero-order chi connectivity index (χ0) is 18.9. The van der Waals surface area contributed by atoms with Gasteiger partial charge in [-0.2, -0.15) is 0 Å². The molecule has 0 bridgehead atoms. The van der Waals surface area contributed by atoms with Gasteiger partial charge in [0.2, 0.25) is 17.7 Å². The van der Waals surface area contributed by atoms with Gasteiger partial charge in [0, 0.05) is 11.3 Å². The number of hydrazine groups is 1. The molecule has 26 heavy (non-hydrogen) atoms. The van der Waals surface area contributed by atoms with E-state index in [2.05, 4.69) is 16.2 Å². The number of carboxylic acid groups (broad SMARTS) is 1. The Morgan fingerprint density at radius 3 is 2.08 bits per heavy atom. The minimum atomic E-state index is -1.45. The molecule has 0 aliphatic heterocycles. The number of carbonyl (C=O) groups excluding carboxylic acids is 4. The van der Waals surface area contributed by atoms with Gasteiger partial charge in [-0.25, -0.2) is 0 Å². The number of rotatable bonds is 6. The number of carbonyl (C=O) groups is 4. The van der Waals surface area contributed by atoms with Gasteiger partial charge in [0.1, 0.15) is 6.42 Å². The molecule has 0 atom stereocenters. The second-order valence-electron chi connectivity index (χ2n) is 5.32. The lowest BCUT2D eigenvalue weighted by atomic mass is 10.1. The summed E-state index contributed by atoms with van der Waals surface area (Å²) in [5.74, 6) is -3.35. The van der Waals surface area contributed by atoms with Crippen molar-refractivity contribution in [3.63, 3.8) is 0 Å². The van der Waals surface area contributed by atoms with E-state index < -0.39 is 30.1 Å². The SMILES string of the molecule is O=C(CC(=O)Nc1ccccc1C(=O)[O-])NNC(=O)Cc1ccccc1. The summed E-state index contributed by atoms with van der Waals surface area (Å²) in [4.78, 5) is 46.2. The topological polar surface area (TPSA) is 127 Å². The molecule has 0 aliphatic carbocycles. The van der Waals surface area contributed by atoms with Crippen LogP contribution in [-0.4, -0.2) is 23.7 Å². The van der Waals surface area contributed by atoms with Gasteiger partial charge in [-0.3, -0.25) is 25.2 Å². The molecule has 3 N–H and O–H groups in total. The average Bonchev–Trinajstić information content (AvgIpc) is 2.61. The third kappa shape index (κ3) is 5.75. The molecule has 134 valence electrons. The monoisotopic (exact) mass is 354 g/mol. The number of nitrogens with one attached hydrogen (secondary N) is 3. The van der Waals surface area contributed by atoms with Crippen molar-refractivity contribution in [2.24, 2.45) is 0 Å². The molecule has 2 aromatic carbocycles. The summed E-state index contributed by atoms with van der Waals surface area (Å²) in [6, 6.07) is 14.6. The first-order valence-corrected chi connectivity index (χ1v) is 7.67. The molecule has 0 aliphatic rings. The van der Waals surface area contributed by atoms with Crippen molar-refractivity contribution >= 4 is 29.4 Å². The first-order chi connectivity index (χ1) is 12.5. The van der Waals surface area contributed by atoms with Crippen LogP contribution in [0.1, 0.15) is 22.3 Å². The Hall–Kier alpha value is -3.68. The highest BCUT2D eigenvalue weighted by Crippen LogP contribution is 2.14. The molecule has 8 nitrogen and oxygen atoms in total. The van der Waals surface area contributed by atoms with Gasteiger partial charge in [0.25, 0.3) is 0 Å².